The van der Waals surface area contributed by atoms with Gasteiger partial charge < -0.3 is 19.6 Å². The van der Waals surface area contributed by atoms with Crippen molar-refractivity contribution >= 4 is 17.4 Å². The minimum Gasteiger partial charge on any atom is -0.507 e. The van der Waals surface area contributed by atoms with Gasteiger partial charge >= 0.3 is 0 Å². The molecule has 0 spiro atoms. The van der Waals surface area contributed by atoms with Crippen LogP contribution < -0.4 is 4.74 Å². The van der Waals surface area contributed by atoms with Crippen molar-refractivity contribution < 1.29 is 23.8 Å². The Morgan fingerprint density at radius 3 is 2.58 bits per heavy atom. The van der Waals surface area contributed by atoms with Crippen LogP contribution in [0, 0.1) is 5.82 Å². The van der Waals surface area contributed by atoms with E-state index >= 15 is 0 Å². The molecular weight excluding hydrogens is 399 g/mol. The fourth-order valence-corrected chi connectivity index (χ4v) is 3.74. The molecule has 2 aromatic rings. The van der Waals surface area contributed by atoms with Gasteiger partial charge in [-0.3, -0.25) is 9.59 Å². The number of carbonyl (C=O) groups excluding carboxylic acids is 2. The molecule has 0 aromatic heterocycles. The van der Waals surface area contributed by atoms with Crippen molar-refractivity contribution in [2.24, 2.45) is 0 Å². The molecule has 1 fully saturated rings. The van der Waals surface area contributed by atoms with Crippen molar-refractivity contribution in [3.63, 3.8) is 0 Å². The maximum absolute atomic E-state index is 14.7. The van der Waals surface area contributed by atoms with Crippen molar-refractivity contribution in [3.8, 4) is 5.75 Å². The van der Waals surface area contributed by atoms with E-state index < -0.39 is 23.5 Å². The maximum Gasteiger partial charge on any atom is 0.295 e. The van der Waals surface area contributed by atoms with E-state index in [0.717, 1.165) is 0 Å². The van der Waals surface area contributed by atoms with Gasteiger partial charge in [0, 0.05) is 17.7 Å². The quantitative estimate of drug-likeness (QED) is 0.397. The summed E-state index contributed by atoms with van der Waals surface area (Å²) in [6.45, 7) is 3.24. The number of nitrogens with zero attached hydrogens (tertiary/aromatic N) is 2. The molecule has 0 bridgehead atoms. The van der Waals surface area contributed by atoms with Gasteiger partial charge in [0.25, 0.3) is 11.7 Å². The molecule has 0 aliphatic carbocycles. The molecule has 1 atom stereocenters. The third-order valence-corrected chi connectivity index (χ3v) is 5.16. The summed E-state index contributed by atoms with van der Waals surface area (Å²) in [6, 6.07) is 11.6. The summed E-state index contributed by atoms with van der Waals surface area (Å²) >= 11 is 0. The lowest BCUT2D eigenvalue weighted by atomic mass is 9.95. The monoisotopic (exact) mass is 426 g/mol. The third-order valence-electron chi connectivity index (χ3n) is 5.16. The van der Waals surface area contributed by atoms with Gasteiger partial charge in [0.15, 0.2) is 0 Å². The first kappa shape index (κ1) is 22.5. The second-order valence-electron chi connectivity index (χ2n) is 7.63. The van der Waals surface area contributed by atoms with E-state index in [9.17, 15) is 19.1 Å². The van der Waals surface area contributed by atoms with E-state index in [0.29, 0.717) is 30.9 Å². The Balaban J connectivity index is 2.11. The number of ketones is 1. The van der Waals surface area contributed by atoms with Gasteiger partial charge in [-0.2, -0.15) is 0 Å². The highest BCUT2D eigenvalue weighted by Gasteiger charge is 2.46. The predicted octanol–water partition coefficient (Wildman–Crippen LogP) is 3.60. The molecule has 1 saturated heterocycles. The summed E-state index contributed by atoms with van der Waals surface area (Å²) in [5.74, 6) is -1.93. The Morgan fingerprint density at radius 2 is 1.90 bits per heavy atom. The molecule has 6 nitrogen and oxygen atoms in total. The van der Waals surface area contributed by atoms with Gasteiger partial charge in [-0.25, -0.2) is 4.39 Å². The number of ether oxygens (including phenoxy) is 1. The van der Waals surface area contributed by atoms with Gasteiger partial charge in [-0.05, 0) is 52.2 Å². The summed E-state index contributed by atoms with van der Waals surface area (Å²) in [6.07, 6.45) is 0.602. The van der Waals surface area contributed by atoms with E-state index in [2.05, 4.69) is 0 Å². The zero-order valence-corrected chi connectivity index (χ0v) is 18.0. The van der Waals surface area contributed by atoms with E-state index in [1.165, 1.54) is 17.0 Å². The fourth-order valence-electron chi connectivity index (χ4n) is 3.74. The van der Waals surface area contributed by atoms with Crippen LogP contribution in [-0.2, 0) is 9.59 Å². The topological polar surface area (TPSA) is 70.1 Å². The first-order valence-corrected chi connectivity index (χ1v) is 10.3. The number of aliphatic hydroxyl groups excluding tert-OH is 1. The molecule has 164 valence electrons. The van der Waals surface area contributed by atoms with Gasteiger partial charge in [-0.15, -0.1) is 0 Å². The molecule has 31 heavy (non-hydrogen) atoms. The van der Waals surface area contributed by atoms with Crippen LogP contribution in [0.1, 0.15) is 30.5 Å². The van der Waals surface area contributed by atoms with Gasteiger partial charge in [0.2, 0.25) is 0 Å². The number of hydrogen-bond donors (Lipinski definition) is 1. The van der Waals surface area contributed by atoms with Crippen molar-refractivity contribution in [3.05, 3.63) is 71.0 Å². The normalized spacial score (nSPS) is 18.1. The van der Waals surface area contributed by atoms with Gasteiger partial charge in [-0.1, -0.05) is 30.3 Å². The molecule has 3 rings (SSSR count). The van der Waals surface area contributed by atoms with Crippen LogP contribution in [-0.4, -0.2) is 60.4 Å². The molecule has 1 amide bonds. The summed E-state index contributed by atoms with van der Waals surface area (Å²) in [4.78, 5) is 29.1. The number of likely N-dealkylation sites (tertiary alicyclic amines) is 1. The Bertz CT molecular complexity index is 1000. The molecule has 7 heteroatoms. The molecule has 1 aliphatic rings. The lowest BCUT2D eigenvalue weighted by molar-refractivity contribution is -0.140. The molecule has 1 heterocycles. The lowest BCUT2D eigenvalue weighted by Gasteiger charge is -2.26. The van der Waals surface area contributed by atoms with Crippen molar-refractivity contribution in [2.45, 2.75) is 19.4 Å². The maximum atomic E-state index is 14.7. The number of hydrogen-bond acceptors (Lipinski definition) is 5. The Morgan fingerprint density at radius 1 is 1.16 bits per heavy atom. The zero-order chi connectivity index (χ0) is 22.5. The summed E-state index contributed by atoms with van der Waals surface area (Å²) in [5, 5.41) is 11.0. The lowest BCUT2D eigenvalue weighted by Crippen LogP contribution is -2.32. The number of carbonyl (C=O) groups is 2. The fraction of sp³-hybridized carbons (Fsp3) is 0.333. The standard InChI is InChI=1S/C24H27FN2O4/c1-4-31-17-10-7-9-16(15-17)22(28)20-21(18-11-5-6-12-19(18)25)27(24(30)23(20)29)14-8-13-26(2)3/h5-7,9-12,15,21,28H,4,8,13-14H2,1-3H3. The van der Waals surface area contributed by atoms with Crippen molar-refractivity contribution in [2.75, 3.05) is 33.8 Å². The number of halogens is 1. The molecule has 1 N–H and O–H groups in total. The van der Waals surface area contributed by atoms with Crippen LogP contribution in [0.15, 0.2) is 54.1 Å². The first-order chi connectivity index (χ1) is 14.8. The largest absolute Gasteiger partial charge is 0.507 e. The SMILES string of the molecule is CCOc1cccc(C(O)=C2C(=O)C(=O)N(CCCN(C)C)C2c2ccccc2F)c1. The Hall–Kier alpha value is -3.19. The number of benzene rings is 2. The molecule has 0 saturated carbocycles. The van der Waals surface area contributed by atoms with Gasteiger partial charge in [0.05, 0.1) is 18.2 Å². The van der Waals surface area contributed by atoms with Crippen LogP contribution in [0.4, 0.5) is 4.39 Å². The highest BCUT2D eigenvalue weighted by atomic mass is 19.1. The van der Waals surface area contributed by atoms with Crippen LogP contribution in [0.25, 0.3) is 5.76 Å². The average Bonchev–Trinajstić information content (AvgIpc) is 2.99. The number of rotatable bonds is 8. The first-order valence-electron chi connectivity index (χ1n) is 10.3. The molecular formula is C24H27FN2O4. The van der Waals surface area contributed by atoms with Crippen LogP contribution in [0.3, 0.4) is 0 Å². The molecule has 0 radical (unpaired) electrons. The predicted molar refractivity (Wildman–Crippen MR) is 116 cm³/mol. The van der Waals surface area contributed by atoms with E-state index in [4.69, 9.17) is 4.74 Å². The highest BCUT2D eigenvalue weighted by Crippen LogP contribution is 2.40. The van der Waals surface area contributed by atoms with Crippen molar-refractivity contribution in [1.29, 1.82) is 0 Å². The average molecular weight is 426 g/mol. The van der Waals surface area contributed by atoms with Crippen LogP contribution in [0.2, 0.25) is 0 Å². The summed E-state index contributed by atoms with van der Waals surface area (Å²) in [5.41, 5.74) is 0.390. The number of amides is 1. The summed E-state index contributed by atoms with van der Waals surface area (Å²) in [7, 11) is 3.82. The van der Waals surface area contributed by atoms with E-state index in [-0.39, 0.29) is 23.4 Å². The zero-order valence-electron chi connectivity index (χ0n) is 18.0. The molecule has 1 unspecified atom stereocenters. The van der Waals surface area contributed by atoms with E-state index in [1.807, 2.05) is 25.9 Å². The second-order valence-corrected chi connectivity index (χ2v) is 7.63. The minimum atomic E-state index is -1.00. The summed E-state index contributed by atoms with van der Waals surface area (Å²) < 4.78 is 20.2. The van der Waals surface area contributed by atoms with Gasteiger partial charge in [0.1, 0.15) is 17.3 Å². The second kappa shape index (κ2) is 9.75. The van der Waals surface area contributed by atoms with Crippen LogP contribution in [0.5, 0.6) is 5.75 Å². The number of Topliss-reactive ketones (excluding diaryl/α,β-unsaturated/α-hetero) is 1. The smallest absolute Gasteiger partial charge is 0.295 e. The number of aliphatic hydroxyl groups is 1. The third kappa shape index (κ3) is 4.77. The van der Waals surface area contributed by atoms with Crippen LogP contribution >= 0.6 is 0 Å². The van der Waals surface area contributed by atoms with E-state index in [1.54, 1.807) is 36.4 Å². The molecule has 2 aromatic carbocycles. The molecule has 1 aliphatic heterocycles. The van der Waals surface area contributed by atoms with Crippen molar-refractivity contribution in [1.82, 2.24) is 9.80 Å². The Labute approximate surface area is 181 Å². The minimum absolute atomic E-state index is 0.117. The highest BCUT2D eigenvalue weighted by molar-refractivity contribution is 6.46. The Kier molecular flexibility index (Phi) is 7.07.